The molecule has 2 aliphatic rings. The van der Waals surface area contributed by atoms with Gasteiger partial charge in [-0.2, -0.15) is 0 Å². The highest BCUT2D eigenvalue weighted by molar-refractivity contribution is 4.95. The molecular weight excluding hydrogens is 212 g/mol. The van der Waals surface area contributed by atoms with Crippen LogP contribution in [0.15, 0.2) is 0 Å². The summed E-state index contributed by atoms with van der Waals surface area (Å²) < 4.78 is 5.66. The summed E-state index contributed by atoms with van der Waals surface area (Å²) in [5, 5.41) is 3.46. The van der Waals surface area contributed by atoms with E-state index in [1.165, 1.54) is 32.2 Å². The van der Waals surface area contributed by atoms with Gasteiger partial charge in [-0.15, -0.1) is 0 Å². The Morgan fingerprint density at radius 2 is 1.94 bits per heavy atom. The molecule has 1 N–H and O–H groups in total. The zero-order chi connectivity index (χ0) is 12.4. The van der Waals surface area contributed by atoms with Crippen LogP contribution < -0.4 is 5.32 Å². The summed E-state index contributed by atoms with van der Waals surface area (Å²) in [6.45, 7) is 6.00. The van der Waals surface area contributed by atoms with Crippen LogP contribution in [0.1, 0.15) is 39.5 Å². The maximum absolute atomic E-state index is 5.66. The lowest BCUT2D eigenvalue weighted by atomic mass is 9.85. The van der Waals surface area contributed by atoms with Crippen molar-refractivity contribution in [3.63, 3.8) is 0 Å². The Morgan fingerprint density at radius 3 is 2.59 bits per heavy atom. The number of methoxy groups -OCH3 is 1. The van der Waals surface area contributed by atoms with E-state index >= 15 is 0 Å². The van der Waals surface area contributed by atoms with Crippen LogP contribution in [0.25, 0.3) is 0 Å². The predicted octanol–water partition coefficient (Wildman–Crippen LogP) is 1.87. The minimum atomic E-state index is 0.468. The van der Waals surface area contributed by atoms with E-state index in [1.54, 1.807) is 0 Å². The van der Waals surface area contributed by atoms with Crippen molar-refractivity contribution in [3.05, 3.63) is 0 Å². The number of hydrogen-bond donors (Lipinski definition) is 1. The lowest BCUT2D eigenvalue weighted by Gasteiger charge is -2.46. The molecule has 1 aliphatic heterocycles. The first kappa shape index (κ1) is 13.3. The maximum Gasteiger partial charge on any atom is 0.0726 e. The van der Waals surface area contributed by atoms with E-state index in [0.717, 1.165) is 5.92 Å². The van der Waals surface area contributed by atoms with Crippen molar-refractivity contribution in [2.75, 3.05) is 20.7 Å². The van der Waals surface area contributed by atoms with Crippen LogP contribution >= 0.6 is 0 Å². The van der Waals surface area contributed by atoms with Gasteiger partial charge in [0.25, 0.3) is 0 Å². The molecule has 0 aromatic rings. The zero-order valence-corrected chi connectivity index (χ0v) is 11.8. The van der Waals surface area contributed by atoms with Crippen LogP contribution in [0.5, 0.6) is 0 Å². The van der Waals surface area contributed by atoms with Gasteiger partial charge in [-0.25, -0.2) is 0 Å². The molecule has 1 saturated heterocycles. The van der Waals surface area contributed by atoms with Crippen LogP contribution in [0.2, 0.25) is 0 Å². The summed E-state index contributed by atoms with van der Waals surface area (Å²) in [5.74, 6) is 0.729. The van der Waals surface area contributed by atoms with Gasteiger partial charge in [0.05, 0.1) is 6.10 Å². The standard InChI is InChI=1S/C14H28N2O/c1-10-11(2)16(9-8-12(10)15-3)13-6-5-7-14(13)17-4/h10-15H,5-9H2,1-4H3. The average molecular weight is 240 g/mol. The third-order valence-electron chi connectivity index (χ3n) is 5.13. The Morgan fingerprint density at radius 1 is 1.18 bits per heavy atom. The van der Waals surface area contributed by atoms with Crippen LogP contribution in [0.4, 0.5) is 0 Å². The van der Waals surface area contributed by atoms with E-state index in [2.05, 4.69) is 31.1 Å². The predicted molar refractivity (Wildman–Crippen MR) is 71.2 cm³/mol. The van der Waals surface area contributed by atoms with Crippen molar-refractivity contribution in [1.29, 1.82) is 0 Å². The molecule has 3 nitrogen and oxygen atoms in total. The van der Waals surface area contributed by atoms with E-state index in [9.17, 15) is 0 Å². The molecule has 0 bridgehead atoms. The SMILES string of the molecule is CNC1CCN(C2CCCC2OC)C(C)C1C. The summed E-state index contributed by atoms with van der Waals surface area (Å²) in [6, 6.07) is 2.01. The zero-order valence-electron chi connectivity index (χ0n) is 11.8. The smallest absolute Gasteiger partial charge is 0.0726 e. The number of nitrogens with one attached hydrogen (secondary N) is 1. The van der Waals surface area contributed by atoms with Crippen LogP contribution in [0, 0.1) is 5.92 Å². The fourth-order valence-electron chi connectivity index (χ4n) is 3.83. The van der Waals surface area contributed by atoms with Crippen molar-refractivity contribution >= 4 is 0 Å². The van der Waals surface area contributed by atoms with Crippen molar-refractivity contribution in [1.82, 2.24) is 10.2 Å². The maximum atomic E-state index is 5.66. The van der Waals surface area contributed by atoms with Gasteiger partial charge in [-0.05, 0) is 45.6 Å². The first-order valence-electron chi connectivity index (χ1n) is 7.14. The summed E-state index contributed by atoms with van der Waals surface area (Å²) in [7, 11) is 3.97. The van der Waals surface area contributed by atoms with Gasteiger partial charge in [0.15, 0.2) is 0 Å². The van der Waals surface area contributed by atoms with Gasteiger partial charge in [0.2, 0.25) is 0 Å². The van der Waals surface area contributed by atoms with E-state index in [0.29, 0.717) is 24.2 Å². The molecule has 1 heterocycles. The summed E-state index contributed by atoms with van der Waals surface area (Å²) in [5.41, 5.74) is 0. The fraction of sp³-hybridized carbons (Fsp3) is 1.00. The van der Waals surface area contributed by atoms with E-state index < -0.39 is 0 Å². The number of rotatable bonds is 3. The van der Waals surface area contributed by atoms with Gasteiger partial charge >= 0.3 is 0 Å². The first-order valence-corrected chi connectivity index (χ1v) is 7.14. The third kappa shape index (κ3) is 2.51. The molecule has 1 saturated carbocycles. The molecule has 2 rings (SSSR count). The Kier molecular flexibility index (Phi) is 4.45. The average Bonchev–Trinajstić information content (AvgIpc) is 2.80. The van der Waals surface area contributed by atoms with Crippen LogP contribution in [-0.4, -0.2) is 49.8 Å². The first-order chi connectivity index (χ1) is 8.19. The van der Waals surface area contributed by atoms with Gasteiger partial charge in [-0.1, -0.05) is 6.92 Å². The quantitative estimate of drug-likeness (QED) is 0.815. The Labute approximate surface area is 106 Å². The van der Waals surface area contributed by atoms with Crippen molar-refractivity contribution in [3.8, 4) is 0 Å². The second-order valence-electron chi connectivity index (χ2n) is 5.79. The van der Waals surface area contributed by atoms with Crippen molar-refractivity contribution in [2.24, 2.45) is 5.92 Å². The van der Waals surface area contributed by atoms with E-state index in [4.69, 9.17) is 4.74 Å². The molecular formula is C14H28N2O. The van der Waals surface area contributed by atoms with E-state index in [-0.39, 0.29) is 0 Å². The number of piperidine rings is 1. The van der Waals surface area contributed by atoms with Gasteiger partial charge < -0.3 is 10.1 Å². The number of likely N-dealkylation sites (tertiary alicyclic amines) is 1. The second kappa shape index (κ2) is 5.68. The fourth-order valence-corrected chi connectivity index (χ4v) is 3.83. The number of hydrogen-bond acceptors (Lipinski definition) is 3. The van der Waals surface area contributed by atoms with Crippen LogP contribution in [-0.2, 0) is 4.74 Å². The molecule has 17 heavy (non-hydrogen) atoms. The molecule has 3 heteroatoms. The lowest BCUT2D eigenvalue weighted by Crippen LogP contribution is -2.57. The molecule has 5 unspecified atom stereocenters. The third-order valence-corrected chi connectivity index (χ3v) is 5.13. The molecule has 2 fully saturated rings. The highest BCUT2D eigenvalue weighted by atomic mass is 16.5. The lowest BCUT2D eigenvalue weighted by molar-refractivity contribution is -0.0168. The number of ether oxygens (including phenoxy) is 1. The molecule has 0 radical (unpaired) electrons. The molecule has 5 atom stereocenters. The highest BCUT2D eigenvalue weighted by Gasteiger charge is 2.39. The normalized spacial score (nSPS) is 44.1. The summed E-state index contributed by atoms with van der Waals surface area (Å²) in [6.07, 6.45) is 5.63. The summed E-state index contributed by atoms with van der Waals surface area (Å²) >= 11 is 0. The molecule has 0 amide bonds. The van der Waals surface area contributed by atoms with Gasteiger partial charge in [-0.3, -0.25) is 4.90 Å². The molecule has 0 aromatic carbocycles. The minimum Gasteiger partial charge on any atom is -0.380 e. The number of nitrogens with zero attached hydrogens (tertiary/aromatic N) is 1. The highest BCUT2D eigenvalue weighted by Crippen LogP contribution is 2.33. The molecule has 0 spiro atoms. The molecule has 1 aliphatic carbocycles. The molecule has 100 valence electrons. The summed E-state index contributed by atoms with van der Waals surface area (Å²) in [4.78, 5) is 2.71. The largest absolute Gasteiger partial charge is 0.380 e. The van der Waals surface area contributed by atoms with E-state index in [1.807, 2.05) is 7.11 Å². The van der Waals surface area contributed by atoms with Crippen molar-refractivity contribution in [2.45, 2.75) is 63.8 Å². The second-order valence-corrected chi connectivity index (χ2v) is 5.79. The Balaban J connectivity index is 2.02. The topological polar surface area (TPSA) is 24.5 Å². The van der Waals surface area contributed by atoms with Gasteiger partial charge in [0, 0.05) is 31.8 Å². The Bertz CT molecular complexity index is 246. The minimum absolute atomic E-state index is 0.468. The Hall–Kier alpha value is -0.120. The van der Waals surface area contributed by atoms with Crippen LogP contribution in [0.3, 0.4) is 0 Å². The molecule has 0 aromatic heterocycles. The van der Waals surface area contributed by atoms with Gasteiger partial charge in [0.1, 0.15) is 0 Å². The monoisotopic (exact) mass is 240 g/mol. The van der Waals surface area contributed by atoms with Crippen molar-refractivity contribution < 1.29 is 4.74 Å².